The molecule has 0 N–H and O–H groups in total. The molecule has 4 aromatic rings. The molecule has 10 nitrogen and oxygen atoms in total. The molecule has 1 amide bonds. The van der Waals surface area contributed by atoms with Gasteiger partial charge in [-0.05, 0) is 36.5 Å². The molecule has 0 radical (unpaired) electrons. The van der Waals surface area contributed by atoms with Crippen LogP contribution >= 0.6 is 11.3 Å². The van der Waals surface area contributed by atoms with E-state index in [2.05, 4.69) is 25.4 Å². The molecule has 0 unspecified atom stereocenters. The van der Waals surface area contributed by atoms with E-state index < -0.39 is 0 Å². The predicted molar refractivity (Wildman–Crippen MR) is 123 cm³/mol. The van der Waals surface area contributed by atoms with Gasteiger partial charge in [-0.1, -0.05) is 28.6 Å². The van der Waals surface area contributed by atoms with Crippen molar-refractivity contribution in [2.24, 2.45) is 0 Å². The van der Waals surface area contributed by atoms with Crippen molar-refractivity contribution in [2.75, 3.05) is 32.7 Å². The van der Waals surface area contributed by atoms with Crippen LogP contribution in [0.2, 0.25) is 0 Å². The van der Waals surface area contributed by atoms with Crippen molar-refractivity contribution in [2.45, 2.75) is 19.4 Å². The summed E-state index contributed by atoms with van der Waals surface area (Å²) in [5.41, 5.74) is 0.235. The molecule has 11 heteroatoms. The van der Waals surface area contributed by atoms with E-state index in [0.29, 0.717) is 35.7 Å². The molecule has 170 valence electrons. The molecule has 0 aliphatic carbocycles. The number of rotatable bonds is 7. The number of hydrogen-bond acceptors (Lipinski definition) is 9. The van der Waals surface area contributed by atoms with E-state index in [1.54, 1.807) is 40.5 Å². The minimum absolute atomic E-state index is 0.0968. The number of thiophene rings is 1. The second-order valence-electron chi connectivity index (χ2n) is 7.88. The van der Waals surface area contributed by atoms with Crippen LogP contribution in [0.4, 0.5) is 0 Å². The van der Waals surface area contributed by atoms with Gasteiger partial charge in [0.05, 0.1) is 10.3 Å². The SMILES string of the molecule is O=C(Cn1nnc2ccccc2c1=O)N1CCN(CCCc2nc(-c3cccs3)no2)CC1. The number of fused-ring (bicyclic) bond motifs is 1. The highest BCUT2D eigenvalue weighted by Crippen LogP contribution is 2.21. The quantitative estimate of drug-likeness (QED) is 0.405. The van der Waals surface area contributed by atoms with Crippen LogP contribution in [0.3, 0.4) is 0 Å². The Bertz CT molecular complexity index is 1290. The molecule has 1 saturated heterocycles. The average molecular weight is 466 g/mol. The Balaban J connectivity index is 1.08. The normalized spacial score (nSPS) is 14.7. The van der Waals surface area contributed by atoms with E-state index >= 15 is 0 Å². The maximum Gasteiger partial charge on any atom is 0.278 e. The Morgan fingerprint density at radius 2 is 1.94 bits per heavy atom. The maximum absolute atomic E-state index is 12.7. The van der Waals surface area contributed by atoms with Crippen molar-refractivity contribution < 1.29 is 9.32 Å². The van der Waals surface area contributed by atoms with Crippen LogP contribution in [0, 0.1) is 0 Å². The highest BCUT2D eigenvalue weighted by molar-refractivity contribution is 7.13. The lowest BCUT2D eigenvalue weighted by atomic mass is 10.2. The maximum atomic E-state index is 12.7. The second-order valence-corrected chi connectivity index (χ2v) is 8.83. The number of carbonyl (C=O) groups is 1. The first kappa shape index (κ1) is 21.4. The molecule has 0 spiro atoms. The molecule has 1 aliphatic heterocycles. The van der Waals surface area contributed by atoms with Gasteiger partial charge in [0.2, 0.25) is 17.6 Å². The van der Waals surface area contributed by atoms with Crippen molar-refractivity contribution in [3.8, 4) is 10.7 Å². The molecule has 1 aromatic carbocycles. The fourth-order valence-corrected chi connectivity index (χ4v) is 4.54. The fourth-order valence-electron chi connectivity index (χ4n) is 3.89. The van der Waals surface area contributed by atoms with E-state index in [-0.39, 0.29) is 18.0 Å². The average Bonchev–Trinajstić information content (AvgIpc) is 3.54. The molecule has 0 bridgehead atoms. The number of amides is 1. The Kier molecular flexibility index (Phi) is 6.22. The molecule has 0 atom stereocenters. The van der Waals surface area contributed by atoms with Gasteiger partial charge in [-0.2, -0.15) is 4.98 Å². The molecular formula is C22H23N7O3S. The molecule has 33 heavy (non-hydrogen) atoms. The topological polar surface area (TPSA) is 110 Å². The first-order valence-electron chi connectivity index (χ1n) is 10.9. The Labute approximate surface area is 193 Å². The summed E-state index contributed by atoms with van der Waals surface area (Å²) in [6.45, 7) is 3.62. The van der Waals surface area contributed by atoms with Crippen LogP contribution in [-0.4, -0.2) is 73.6 Å². The first-order valence-corrected chi connectivity index (χ1v) is 11.7. The van der Waals surface area contributed by atoms with E-state index in [1.807, 2.05) is 17.5 Å². The third kappa shape index (κ3) is 4.83. The minimum Gasteiger partial charge on any atom is -0.339 e. The van der Waals surface area contributed by atoms with Gasteiger partial charge in [-0.3, -0.25) is 14.5 Å². The van der Waals surface area contributed by atoms with Gasteiger partial charge in [0, 0.05) is 32.6 Å². The van der Waals surface area contributed by atoms with Crippen molar-refractivity contribution in [3.05, 3.63) is 58.0 Å². The van der Waals surface area contributed by atoms with Gasteiger partial charge < -0.3 is 9.42 Å². The number of nitrogens with zero attached hydrogens (tertiary/aromatic N) is 7. The Morgan fingerprint density at radius 3 is 2.76 bits per heavy atom. The molecule has 4 heterocycles. The Hall–Kier alpha value is -3.44. The lowest BCUT2D eigenvalue weighted by Gasteiger charge is -2.34. The molecule has 1 aliphatic rings. The number of aromatic nitrogens is 5. The van der Waals surface area contributed by atoms with E-state index in [1.165, 1.54) is 0 Å². The summed E-state index contributed by atoms with van der Waals surface area (Å²) in [6.07, 6.45) is 1.63. The number of hydrogen-bond donors (Lipinski definition) is 0. The smallest absolute Gasteiger partial charge is 0.278 e. The third-order valence-electron chi connectivity index (χ3n) is 5.71. The zero-order valence-corrected chi connectivity index (χ0v) is 18.8. The summed E-state index contributed by atoms with van der Waals surface area (Å²) < 4.78 is 6.50. The lowest BCUT2D eigenvalue weighted by Crippen LogP contribution is -2.50. The van der Waals surface area contributed by atoms with E-state index in [4.69, 9.17) is 4.52 Å². The van der Waals surface area contributed by atoms with Crippen LogP contribution in [0.25, 0.3) is 21.6 Å². The third-order valence-corrected chi connectivity index (χ3v) is 6.58. The number of piperazine rings is 1. The highest BCUT2D eigenvalue weighted by atomic mass is 32.1. The van der Waals surface area contributed by atoms with E-state index in [9.17, 15) is 9.59 Å². The van der Waals surface area contributed by atoms with Crippen LogP contribution in [0.5, 0.6) is 0 Å². The highest BCUT2D eigenvalue weighted by Gasteiger charge is 2.22. The molecule has 3 aromatic heterocycles. The largest absolute Gasteiger partial charge is 0.339 e. The van der Waals surface area contributed by atoms with Crippen molar-refractivity contribution in [1.82, 2.24) is 34.9 Å². The van der Waals surface area contributed by atoms with Gasteiger partial charge >= 0.3 is 0 Å². The van der Waals surface area contributed by atoms with E-state index in [0.717, 1.165) is 42.0 Å². The Morgan fingerprint density at radius 1 is 1.09 bits per heavy atom. The summed E-state index contributed by atoms with van der Waals surface area (Å²) in [5, 5.41) is 14.5. The predicted octanol–water partition coefficient (Wildman–Crippen LogP) is 1.68. The molecule has 5 rings (SSSR count). The van der Waals surface area contributed by atoms with Crippen LogP contribution in [0.15, 0.2) is 51.1 Å². The van der Waals surface area contributed by atoms with Gasteiger partial charge in [-0.25, -0.2) is 4.68 Å². The van der Waals surface area contributed by atoms with Gasteiger partial charge in [0.1, 0.15) is 12.1 Å². The monoisotopic (exact) mass is 465 g/mol. The second kappa shape index (κ2) is 9.59. The first-order chi connectivity index (χ1) is 16.2. The number of aryl methyl sites for hydroxylation is 1. The minimum atomic E-state index is -0.296. The fraction of sp³-hybridized carbons (Fsp3) is 0.364. The summed E-state index contributed by atoms with van der Waals surface area (Å²) in [5.74, 6) is 1.17. The molecule has 0 saturated carbocycles. The van der Waals surface area contributed by atoms with Gasteiger partial charge in [-0.15, -0.1) is 16.4 Å². The lowest BCUT2D eigenvalue weighted by molar-refractivity contribution is -0.133. The van der Waals surface area contributed by atoms with Crippen LogP contribution in [0.1, 0.15) is 12.3 Å². The standard InChI is InChI=1S/C22H23N7O3S/c30-20(15-29-22(31)16-5-1-2-6-17(16)24-26-29)28-12-10-27(11-13-28)9-3-8-19-23-21(25-32-19)18-7-4-14-33-18/h1-2,4-7,14H,3,8-13,15H2. The summed E-state index contributed by atoms with van der Waals surface area (Å²) in [7, 11) is 0. The summed E-state index contributed by atoms with van der Waals surface area (Å²) >= 11 is 1.59. The van der Waals surface area contributed by atoms with Crippen molar-refractivity contribution in [3.63, 3.8) is 0 Å². The summed E-state index contributed by atoms with van der Waals surface area (Å²) in [4.78, 5) is 34.8. The van der Waals surface area contributed by atoms with Gasteiger partial charge in [0.25, 0.3) is 5.56 Å². The van der Waals surface area contributed by atoms with Crippen molar-refractivity contribution >= 4 is 28.1 Å². The van der Waals surface area contributed by atoms with Crippen LogP contribution < -0.4 is 5.56 Å². The zero-order valence-electron chi connectivity index (χ0n) is 18.0. The molecule has 1 fully saturated rings. The number of benzene rings is 1. The van der Waals surface area contributed by atoms with Crippen molar-refractivity contribution in [1.29, 1.82) is 0 Å². The van der Waals surface area contributed by atoms with Gasteiger partial charge in [0.15, 0.2) is 0 Å². The zero-order chi connectivity index (χ0) is 22.6. The number of carbonyl (C=O) groups excluding carboxylic acids is 1. The molecular weight excluding hydrogens is 442 g/mol. The van der Waals surface area contributed by atoms with Crippen LogP contribution in [-0.2, 0) is 17.8 Å². The summed E-state index contributed by atoms with van der Waals surface area (Å²) in [6, 6.07) is 10.9.